The molecule has 69 heavy (non-hydrogen) atoms. The molecule has 0 radical (unpaired) electrons. The van der Waals surface area contributed by atoms with E-state index in [1.54, 1.807) is 27.7 Å². The predicted octanol–water partition coefficient (Wildman–Crippen LogP) is 6.24. The van der Waals surface area contributed by atoms with Crippen LogP contribution in [0.25, 0.3) is 0 Å². The lowest BCUT2D eigenvalue weighted by Gasteiger charge is -2.52. The zero-order valence-electron chi connectivity index (χ0n) is 43.3. The Kier molecular flexibility index (Phi) is 17.5. The Labute approximate surface area is 409 Å². The van der Waals surface area contributed by atoms with E-state index >= 15 is 0 Å². The maximum absolute atomic E-state index is 13.6. The van der Waals surface area contributed by atoms with Crippen LogP contribution >= 0.6 is 0 Å². The van der Waals surface area contributed by atoms with Gasteiger partial charge in [-0.15, -0.1) is 0 Å². The molecule has 6 rings (SSSR count). The third-order valence-electron chi connectivity index (χ3n) is 17.9. The molecular formula is C52H88O17. The van der Waals surface area contributed by atoms with E-state index in [1.165, 1.54) is 0 Å². The topological polar surface area (TPSA) is 257 Å². The Balaban J connectivity index is 1.19. The highest BCUT2D eigenvalue weighted by Crippen LogP contribution is 2.56. The third kappa shape index (κ3) is 11.7. The summed E-state index contributed by atoms with van der Waals surface area (Å²) in [6.07, 6.45) is -0.924. The first-order chi connectivity index (χ1) is 32.0. The van der Waals surface area contributed by atoms with Crippen molar-refractivity contribution >= 4 is 17.9 Å². The van der Waals surface area contributed by atoms with Crippen LogP contribution in [0.5, 0.6) is 0 Å². The van der Waals surface area contributed by atoms with E-state index in [0.29, 0.717) is 51.4 Å². The van der Waals surface area contributed by atoms with Crippen LogP contribution in [0.15, 0.2) is 0 Å². The van der Waals surface area contributed by atoms with Gasteiger partial charge < -0.3 is 68.9 Å². The number of aliphatic carboxylic acids is 2. The number of hydrogen-bond donors (Lipinski definition) is 7. The van der Waals surface area contributed by atoms with Gasteiger partial charge in [-0.2, -0.15) is 0 Å². The zero-order valence-corrected chi connectivity index (χ0v) is 43.3. The van der Waals surface area contributed by atoms with Gasteiger partial charge in [-0.1, -0.05) is 48.5 Å². The number of carbonyl (C=O) groups excluding carboxylic acids is 1. The van der Waals surface area contributed by atoms with E-state index in [9.17, 15) is 50.1 Å². The molecule has 6 saturated heterocycles. The summed E-state index contributed by atoms with van der Waals surface area (Å²) in [6, 6.07) is 0. The van der Waals surface area contributed by atoms with Crippen molar-refractivity contribution in [1.82, 2.24) is 0 Å². The molecule has 0 aliphatic carbocycles. The van der Waals surface area contributed by atoms with Crippen molar-refractivity contribution in [3.8, 4) is 0 Å². The number of aliphatic hydroxyl groups excluding tert-OH is 1. The fraction of sp³-hybridized carbons (Fsp3) is 0.942. The maximum atomic E-state index is 13.6. The molecule has 0 aromatic heterocycles. The molecule has 398 valence electrons. The van der Waals surface area contributed by atoms with Gasteiger partial charge in [0.15, 0.2) is 17.7 Å². The molecule has 0 bridgehead atoms. The molecule has 0 unspecified atom stereocenters. The number of aliphatic hydroxyl groups is 5. The molecule has 6 fully saturated rings. The highest BCUT2D eigenvalue weighted by molar-refractivity contribution is 5.72. The van der Waals surface area contributed by atoms with Crippen LogP contribution in [-0.4, -0.2) is 143 Å². The molecule has 0 aromatic carbocycles. The lowest BCUT2D eigenvalue weighted by Crippen LogP contribution is -2.64. The largest absolute Gasteiger partial charge is 0.481 e. The zero-order chi connectivity index (χ0) is 51.2. The minimum Gasteiger partial charge on any atom is -0.481 e. The van der Waals surface area contributed by atoms with Gasteiger partial charge in [0.25, 0.3) is 0 Å². The van der Waals surface area contributed by atoms with Crippen molar-refractivity contribution < 1.29 is 83.3 Å². The second-order valence-corrected chi connectivity index (χ2v) is 23.5. The molecule has 0 amide bonds. The van der Waals surface area contributed by atoms with E-state index in [-0.39, 0.29) is 68.8 Å². The smallest absolute Gasteiger partial charge is 0.308 e. The van der Waals surface area contributed by atoms with Crippen LogP contribution in [0, 0.1) is 41.4 Å². The fourth-order valence-electron chi connectivity index (χ4n) is 13.0. The van der Waals surface area contributed by atoms with Crippen molar-refractivity contribution in [1.29, 1.82) is 0 Å². The van der Waals surface area contributed by atoms with Crippen LogP contribution in [-0.2, 0) is 47.5 Å². The number of carbonyl (C=O) groups is 3. The van der Waals surface area contributed by atoms with Crippen LogP contribution in [0.2, 0.25) is 0 Å². The summed E-state index contributed by atoms with van der Waals surface area (Å²) in [4.78, 5) is 36.8. The minimum absolute atomic E-state index is 0.00769. The van der Waals surface area contributed by atoms with Crippen LogP contribution < -0.4 is 0 Å². The third-order valence-corrected chi connectivity index (χ3v) is 17.9. The summed E-state index contributed by atoms with van der Waals surface area (Å²) in [5.74, 6) is -11.1. The SMILES string of the molecule is CC[C@@H]1O[C@@H]([C@]2(C)C[C@@H](C)[C@](O)([C@]3(C)CC[C@@H]([C@@H](OC(=O)CCCC(=O)O)[C@]4(O)O[C@H](C[C@@]5(O)O[C@@H]([C@@H](C)[C@H](O)C[C@H]6CC[C@H](C)[C@@H]([C@@H](C)C(=O)O)O6)CC[C@@H]5C)[C@@H](C)C[C@H]4C)O3)O2)CC[C@@]1(C)O. The second-order valence-electron chi connectivity index (χ2n) is 23.5. The first-order valence-electron chi connectivity index (χ1n) is 26.3. The van der Waals surface area contributed by atoms with Crippen LogP contribution in [0.4, 0.5) is 0 Å². The molecule has 0 saturated carbocycles. The second kappa shape index (κ2) is 21.4. The summed E-state index contributed by atoms with van der Waals surface area (Å²) in [6.45, 7) is 20.5. The Morgan fingerprint density at radius 2 is 1.46 bits per heavy atom. The maximum Gasteiger partial charge on any atom is 0.308 e. The van der Waals surface area contributed by atoms with Crippen LogP contribution in [0.3, 0.4) is 0 Å². The van der Waals surface area contributed by atoms with Crippen molar-refractivity contribution in [3.63, 3.8) is 0 Å². The van der Waals surface area contributed by atoms with Crippen LogP contribution in [0.1, 0.15) is 179 Å². The van der Waals surface area contributed by atoms with Gasteiger partial charge >= 0.3 is 17.9 Å². The highest BCUT2D eigenvalue weighted by Gasteiger charge is 2.68. The van der Waals surface area contributed by atoms with Gasteiger partial charge in [0.05, 0.1) is 59.8 Å². The molecule has 6 heterocycles. The van der Waals surface area contributed by atoms with E-state index in [2.05, 4.69) is 0 Å². The first kappa shape index (κ1) is 56.3. The molecule has 6 aliphatic rings. The molecular weight excluding hydrogens is 897 g/mol. The number of esters is 1. The number of carboxylic acid groups (broad SMARTS) is 2. The highest BCUT2D eigenvalue weighted by atomic mass is 16.7. The summed E-state index contributed by atoms with van der Waals surface area (Å²) in [7, 11) is 0. The molecule has 0 spiro atoms. The first-order valence-corrected chi connectivity index (χ1v) is 26.3. The van der Waals surface area contributed by atoms with E-state index < -0.39 is 125 Å². The van der Waals surface area contributed by atoms with E-state index in [0.717, 1.165) is 6.42 Å². The summed E-state index contributed by atoms with van der Waals surface area (Å²) in [5.41, 5.74) is -3.27. The lowest BCUT2D eigenvalue weighted by atomic mass is 9.76. The van der Waals surface area contributed by atoms with Gasteiger partial charge in [-0.25, -0.2) is 0 Å². The van der Waals surface area contributed by atoms with Crippen molar-refractivity contribution in [2.24, 2.45) is 41.4 Å². The molecule has 6 aliphatic heterocycles. The number of carboxylic acids is 2. The van der Waals surface area contributed by atoms with Gasteiger partial charge in [0.1, 0.15) is 11.7 Å². The summed E-state index contributed by atoms with van der Waals surface area (Å²) >= 11 is 0. The predicted molar refractivity (Wildman–Crippen MR) is 250 cm³/mol. The normalized spacial score (nSPS) is 47.0. The summed E-state index contributed by atoms with van der Waals surface area (Å²) < 4.78 is 45.8. The standard InChI is InChI=1S/C52H88O17/c1-12-40-47(9,59)22-21-41(64-40)48(10)26-32(6)52(62,69-48)49(11)23-20-38(66-49)45(65-43(56)15-13-14-42(54)55)51(61)31(5)24-29(3)39(68-51)27-50(60)30(4)17-19-37(67-50)33(7)36(53)25-35-18-16-28(2)44(63-35)34(8)46(57)58/h28-41,44-45,53,59-62H,12-27H2,1-11H3,(H,54,55)(H,57,58)/t28-,29-,30-,31+,32+,33-,34+,35+,36+,37+,38-,39+,40-,41+,44-,45+,47+,48-,49-,50+,51+,52+/m0/s1. The van der Waals surface area contributed by atoms with Gasteiger partial charge in [-0.05, 0) is 123 Å². The number of rotatable bonds is 18. The Morgan fingerprint density at radius 1 is 0.768 bits per heavy atom. The minimum atomic E-state index is -2.17. The molecule has 22 atom stereocenters. The fourth-order valence-corrected chi connectivity index (χ4v) is 13.0. The van der Waals surface area contributed by atoms with Gasteiger partial charge in [0, 0.05) is 42.9 Å². The Morgan fingerprint density at radius 3 is 2.12 bits per heavy atom. The lowest BCUT2D eigenvalue weighted by molar-refractivity contribution is -0.374. The van der Waals surface area contributed by atoms with Crippen molar-refractivity contribution in [2.45, 2.75) is 268 Å². The quantitative estimate of drug-likeness (QED) is 0.0750. The average Bonchev–Trinajstić information content (AvgIpc) is 3.79. The molecule has 0 aromatic rings. The Hall–Kier alpha value is -2.03. The van der Waals surface area contributed by atoms with Crippen molar-refractivity contribution in [3.05, 3.63) is 0 Å². The number of hydrogen-bond acceptors (Lipinski definition) is 15. The molecule has 7 N–H and O–H groups in total. The van der Waals surface area contributed by atoms with E-state index in [1.807, 2.05) is 48.5 Å². The van der Waals surface area contributed by atoms with Gasteiger partial charge in [0.2, 0.25) is 5.79 Å². The Bertz CT molecular complexity index is 1780. The molecule has 17 nitrogen and oxygen atoms in total. The van der Waals surface area contributed by atoms with Gasteiger partial charge in [-0.3, -0.25) is 14.4 Å². The number of ether oxygens (including phenoxy) is 7. The molecule has 17 heteroatoms. The summed E-state index contributed by atoms with van der Waals surface area (Å²) in [5, 5.41) is 79.6. The monoisotopic (exact) mass is 985 g/mol. The average molecular weight is 985 g/mol. The van der Waals surface area contributed by atoms with E-state index in [4.69, 9.17) is 33.2 Å². The van der Waals surface area contributed by atoms with Crippen molar-refractivity contribution in [2.75, 3.05) is 0 Å².